The van der Waals surface area contributed by atoms with Gasteiger partial charge in [-0.2, -0.15) is 5.10 Å². The molecule has 0 radical (unpaired) electrons. The monoisotopic (exact) mass is 216 g/mol. The molecular weight excluding hydrogens is 200 g/mol. The third-order valence-corrected chi connectivity index (χ3v) is 2.03. The van der Waals surface area contributed by atoms with Gasteiger partial charge in [-0.05, 0) is 6.07 Å². The minimum atomic E-state index is -0.000295. The van der Waals surface area contributed by atoms with E-state index in [1.165, 1.54) is 6.92 Å². The Morgan fingerprint density at radius 2 is 1.81 bits per heavy atom. The highest BCUT2D eigenvalue weighted by Crippen LogP contribution is 2.16. The zero-order valence-corrected chi connectivity index (χ0v) is 9.82. The van der Waals surface area contributed by atoms with Crippen LogP contribution in [0, 0.1) is 0 Å². The van der Waals surface area contributed by atoms with Gasteiger partial charge in [-0.3, -0.25) is 9.89 Å². The highest BCUT2D eigenvalue weighted by Gasteiger charge is 2.05. The lowest BCUT2D eigenvalue weighted by Crippen LogP contribution is -1.90. The van der Waals surface area contributed by atoms with Gasteiger partial charge in [0.15, 0.2) is 5.78 Å². The SMILES string of the molecule is CC.CC(=O)c1cc(-c2ccccc2)n[nH]1. The van der Waals surface area contributed by atoms with Crippen LogP contribution in [0.1, 0.15) is 31.3 Å². The number of nitrogens with one attached hydrogen (secondary N) is 1. The van der Waals surface area contributed by atoms with Crippen LogP contribution >= 0.6 is 0 Å². The first kappa shape index (κ1) is 12.2. The van der Waals surface area contributed by atoms with Gasteiger partial charge in [-0.1, -0.05) is 44.2 Å². The molecule has 0 bridgehead atoms. The molecule has 0 aliphatic rings. The summed E-state index contributed by atoms with van der Waals surface area (Å²) < 4.78 is 0. The summed E-state index contributed by atoms with van der Waals surface area (Å²) in [5.74, 6) is -0.000295. The van der Waals surface area contributed by atoms with E-state index in [4.69, 9.17) is 0 Å². The molecule has 16 heavy (non-hydrogen) atoms. The third-order valence-electron chi connectivity index (χ3n) is 2.03. The molecule has 0 atom stereocenters. The van der Waals surface area contributed by atoms with Crippen molar-refractivity contribution < 1.29 is 4.79 Å². The zero-order chi connectivity index (χ0) is 12.0. The lowest BCUT2D eigenvalue weighted by atomic mass is 10.1. The Kier molecular flexibility index (Phi) is 4.45. The van der Waals surface area contributed by atoms with Crippen molar-refractivity contribution in [2.75, 3.05) is 0 Å². The van der Waals surface area contributed by atoms with E-state index in [-0.39, 0.29) is 5.78 Å². The van der Waals surface area contributed by atoms with Gasteiger partial charge in [0.25, 0.3) is 0 Å². The van der Waals surface area contributed by atoms with Crippen LogP contribution in [0.5, 0.6) is 0 Å². The molecule has 0 aliphatic carbocycles. The molecule has 0 saturated carbocycles. The van der Waals surface area contributed by atoms with Crippen LogP contribution in [0.15, 0.2) is 36.4 Å². The molecule has 0 saturated heterocycles. The summed E-state index contributed by atoms with van der Waals surface area (Å²) in [5.41, 5.74) is 2.36. The fourth-order valence-corrected chi connectivity index (χ4v) is 1.26. The number of nitrogens with zero attached hydrogens (tertiary/aromatic N) is 1. The predicted molar refractivity (Wildman–Crippen MR) is 65.4 cm³/mol. The zero-order valence-electron chi connectivity index (χ0n) is 9.82. The molecular formula is C13H16N2O. The summed E-state index contributed by atoms with van der Waals surface area (Å²) in [4.78, 5) is 11.0. The minimum Gasteiger partial charge on any atom is -0.293 e. The van der Waals surface area contributed by atoms with E-state index >= 15 is 0 Å². The maximum atomic E-state index is 11.0. The van der Waals surface area contributed by atoms with Gasteiger partial charge in [-0.25, -0.2) is 0 Å². The Bertz CT molecular complexity index is 446. The lowest BCUT2D eigenvalue weighted by molar-refractivity contribution is 0.101. The number of ketones is 1. The molecule has 0 spiro atoms. The first-order chi connectivity index (χ1) is 7.77. The smallest absolute Gasteiger partial charge is 0.177 e. The summed E-state index contributed by atoms with van der Waals surface area (Å²) >= 11 is 0. The number of H-pyrrole nitrogens is 1. The van der Waals surface area contributed by atoms with E-state index in [1.54, 1.807) is 6.07 Å². The second-order valence-corrected chi connectivity index (χ2v) is 3.09. The average molecular weight is 216 g/mol. The Labute approximate surface area is 95.5 Å². The van der Waals surface area contributed by atoms with E-state index in [0.717, 1.165) is 11.3 Å². The molecule has 3 nitrogen and oxygen atoms in total. The van der Waals surface area contributed by atoms with E-state index in [9.17, 15) is 4.79 Å². The Morgan fingerprint density at radius 1 is 1.19 bits per heavy atom. The van der Waals surface area contributed by atoms with Crippen LogP contribution in [0.2, 0.25) is 0 Å². The number of hydrogen-bond acceptors (Lipinski definition) is 2. The molecule has 84 valence electrons. The highest BCUT2D eigenvalue weighted by molar-refractivity contribution is 5.93. The van der Waals surface area contributed by atoms with Crippen molar-refractivity contribution in [1.82, 2.24) is 10.2 Å². The third kappa shape index (κ3) is 2.79. The molecule has 1 heterocycles. The normalized spacial score (nSPS) is 9.19. The van der Waals surface area contributed by atoms with E-state index in [1.807, 2.05) is 44.2 Å². The molecule has 2 aromatic rings. The van der Waals surface area contributed by atoms with Crippen LogP contribution in [0.3, 0.4) is 0 Å². The van der Waals surface area contributed by atoms with Crippen LogP contribution in [0.25, 0.3) is 11.3 Å². The average Bonchev–Trinajstić information content (AvgIpc) is 2.82. The Morgan fingerprint density at radius 3 is 2.31 bits per heavy atom. The van der Waals surface area contributed by atoms with Gasteiger partial charge in [0.1, 0.15) is 5.69 Å². The van der Waals surface area contributed by atoms with Crippen molar-refractivity contribution in [3.8, 4) is 11.3 Å². The maximum absolute atomic E-state index is 11.0. The van der Waals surface area contributed by atoms with Crippen molar-refractivity contribution in [3.05, 3.63) is 42.1 Å². The highest BCUT2D eigenvalue weighted by atomic mass is 16.1. The molecule has 0 aliphatic heterocycles. The van der Waals surface area contributed by atoms with Crippen LogP contribution in [0.4, 0.5) is 0 Å². The van der Waals surface area contributed by atoms with Crippen molar-refractivity contribution in [2.24, 2.45) is 0 Å². The predicted octanol–water partition coefficient (Wildman–Crippen LogP) is 3.31. The summed E-state index contributed by atoms with van der Waals surface area (Å²) in [7, 11) is 0. The van der Waals surface area contributed by atoms with E-state index < -0.39 is 0 Å². The number of Topliss-reactive ketones (excluding diaryl/α,β-unsaturated/α-hetero) is 1. The molecule has 0 amide bonds. The second kappa shape index (κ2) is 5.85. The maximum Gasteiger partial charge on any atom is 0.177 e. The van der Waals surface area contributed by atoms with Crippen LogP contribution < -0.4 is 0 Å². The second-order valence-electron chi connectivity index (χ2n) is 3.09. The van der Waals surface area contributed by atoms with E-state index in [0.29, 0.717) is 5.69 Å². The summed E-state index contributed by atoms with van der Waals surface area (Å²) in [5, 5.41) is 6.77. The number of aromatic amines is 1. The molecule has 2 rings (SSSR count). The van der Waals surface area contributed by atoms with Crippen molar-refractivity contribution in [3.63, 3.8) is 0 Å². The fraction of sp³-hybridized carbons (Fsp3) is 0.231. The number of benzene rings is 1. The van der Waals surface area contributed by atoms with Crippen molar-refractivity contribution in [1.29, 1.82) is 0 Å². The van der Waals surface area contributed by atoms with E-state index in [2.05, 4.69) is 10.2 Å². The Balaban J connectivity index is 0.000000606. The summed E-state index contributed by atoms with van der Waals surface area (Å²) in [6, 6.07) is 11.5. The van der Waals surface area contributed by atoms with Crippen LogP contribution in [-0.2, 0) is 0 Å². The Hall–Kier alpha value is -1.90. The summed E-state index contributed by atoms with van der Waals surface area (Å²) in [6.07, 6.45) is 0. The largest absolute Gasteiger partial charge is 0.293 e. The first-order valence-corrected chi connectivity index (χ1v) is 5.39. The first-order valence-electron chi connectivity index (χ1n) is 5.39. The topological polar surface area (TPSA) is 45.8 Å². The fourth-order valence-electron chi connectivity index (χ4n) is 1.26. The minimum absolute atomic E-state index is 0.000295. The molecule has 1 aromatic heterocycles. The van der Waals surface area contributed by atoms with Crippen molar-refractivity contribution in [2.45, 2.75) is 20.8 Å². The van der Waals surface area contributed by atoms with Gasteiger partial charge in [-0.15, -0.1) is 0 Å². The number of hydrogen-bond donors (Lipinski definition) is 1. The van der Waals surface area contributed by atoms with Gasteiger partial charge in [0.2, 0.25) is 0 Å². The number of rotatable bonds is 2. The lowest BCUT2D eigenvalue weighted by Gasteiger charge is -1.92. The van der Waals surface area contributed by atoms with Gasteiger partial charge < -0.3 is 0 Å². The molecule has 1 aromatic carbocycles. The molecule has 3 heteroatoms. The van der Waals surface area contributed by atoms with Gasteiger partial charge in [0, 0.05) is 12.5 Å². The number of carbonyl (C=O) groups is 1. The van der Waals surface area contributed by atoms with Crippen molar-refractivity contribution >= 4 is 5.78 Å². The molecule has 0 fully saturated rings. The summed E-state index contributed by atoms with van der Waals surface area (Å²) in [6.45, 7) is 5.52. The van der Waals surface area contributed by atoms with Crippen LogP contribution in [-0.4, -0.2) is 16.0 Å². The number of aromatic nitrogens is 2. The quantitative estimate of drug-likeness (QED) is 0.783. The molecule has 1 N–H and O–H groups in total. The number of carbonyl (C=O) groups excluding carboxylic acids is 1. The van der Waals surface area contributed by atoms with Gasteiger partial charge >= 0.3 is 0 Å². The van der Waals surface area contributed by atoms with Gasteiger partial charge in [0.05, 0.1) is 5.69 Å². The standard InChI is InChI=1S/C11H10N2O.C2H6/c1-8(14)10-7-11(13-12-10)9-5-3-2-4-6-9;1-2/h2-7H,1H3,(H,12,13);1-2H3. The molecule has 0 unspecified atom stereocenters.